The lowest BCUT2D eigenvalue weighted by molar-refractivity contribution is 0.102. The van der Waals surface area contributed by atoms with Gasteiger partial charge in [0.05, 0.1) is 19.9 Å². The number of sulfonamides is 1. The monoisotopic (exact) mass is 492 g/mol. The molecule has 1 heterocycles. The van der Waals surface area contributed by atoms with E-state index in [1.807, 2.05) is 13.0 Å². The number of methoxy groups -OCH3 is 2. The average molecular weight is 493 g/mol. The topological polar surface area (TPSA) is 112 Å². The second-order valence-corrected chi connectivity index (χ2v) is 9.24. The van der Waals surface area contributed by atoms with Crippen LogP contribution in [0.2, 0.25) is 0 Å². The molecule has 35 heavy (non-hydrogen) atoms. The Morgan fingerprint density at radius 2 is 1.57 bits per heavy atom. The van der Waals surface area contributed by atoms with Crippen molar-refractivity contribution >= 4 is 27.3 Å². The van der Waals surface area contributed by atoms with Crippen LogP contribution in [-0.2, 0) is 10.0 Å². The van der Waals surface area contributed by atoms with Gasteiger partial charge in [-0.05, 0) is 79.7 Å². The van der Waals surface area contributed by atoms with Gasteiger partial charge in [-0.2, -0.15) is 5.10 Å². The molecule has 4 rings (SSSR count). The summed E-state index contributed by atoms with van der Waals surface area (Å²) in [5, 5.41) is 6.99. The number of nitrogens with one attached hydrogen (secondary N) is 2. The van der Waals surface area contributed by atoms with Crippen LogP contribution in [0.3, 0.4) is 0 Å². The van der Waals surface area contributed by atoms with Crippen molar-refractivity contribution < 1.29 is 22.7 Å². The van der Waals surface area contributed by atoms with Gasteiger partial charge in [-0.3, -0.25) is 9.52 Å². The maximum absolute atomic E-state index is 13.1. The molecule has 10 heteroatoms. The summed E-state index contributed by atoms with van der Waals surface area (Å²) in [5.41, 5.74) is 2.87. The van der Waals surface area contributed by atoms with Gasteiger partial charge in [0.1, 0.15) is 16.4 Å². The molecule has 0 radical (unpaired) electrons. The largest absolute Gasteiger partial charge is 0.497 e. The van der Waals surface area contributed by atoms with Crippen molar-refractivity contribution in [3.63, 3.8) is 0 Å². The van der Waals surface area contributed by atoms with E-state index in [2.05, 4.69) is 15.1 Å². The lowest BCUT2D eigenvalue weighted by Crippen LogP contribution is -2.16. The highest BCUT2D eigenvalue weighted by atomic mass is 32.2. The first-order valence-electron chi connectivity index (χ1n) is 10.6. The van der Waals surface area contributed by atoms with Crippen molar-refractivity contribution in [1.82, 2.24) is 9.78 Å². The van der Waals surface area contributed by atoms with Gasteiger partial charge in [0, 0.05) is 28.8 Å². The Kier molecular flexibility index (Phi) is 6.74. The molecule has 3 aromatic carbocycles. The molecular formula is C25H24N4O5S. The molecule has 2 N–H and O–H groups in total. The fourth-order valence-corrected chi connectivity index (χ4v) is 4.69. The van der Waals surface area contributed by atoms with E-state index in [1.54, 1.807) is 65.5 Å². The number of rotatable bonds is 8. The Hall–Kier alpha value is -4.31. The van der Waals surface area contributed by atoms with Crippen LogP contribution < -0.4 is 19.5 Å². The summed E-state index contributed by atoms with van der Waals surface area (Å²) in [4.78, 5) is 12.7. The van der Waals surface area contributed by atoms with Gasteiger partial charge in [0.15, 0.2) is 0 Å². The van der Waals surface area contributed by atoms with E-state index in [4.69, 9.17) is 9.47 Å². The molecule has 0 saturated carbocycles. The average Bonchev–Trinajstić information content (AvgIpc) is 3.30. The van der Waals surface area contributed by atoms with Crippen LogP contribution in [0, 0.1) is 6.92 Å². The Balaban J connectivity index is 1.55. The number of ether oxygens (including phenoxy) is 2. The first-order valence-corrected chi connectivity index (χ1v) is 12.1. The standard InChI is InChI=1S/C25H24N4O5S/c1-17-14-15-26-29(17)21-9-4-18(5-10-21)25(30)27-20-8-13-23(34-3)24(16-20)35(31,32)28-19-6-11-22(33-2)12-7-19/h4-16,28H,1-3H3,(H,27,30). The normalized spacial score (nSPS) is 11.1. The van der Waals surface area contributed by atoms with Gasteiger partial charge < -0.3 is 14.8 Å². The molecule has 4 aromatic rings. The molecule has 0 saturated heterocycles. The van der Waals surface area contributed by atoms with E-state index in [0.717, 1.165) is 11.4 Å². The highest BCUT2D eigenvalue weighted by Crippen LogP contribution is 2.29. The summed E-state index contributed by atoms with van der Waals surface area (Å²) in [6.45, 7) is 1.94. The molecule has 0 aliphatic rings. The van der Waals surface area contributed by atoms with E-state index in [9.17, 15) is 13.2 Å². The molecule has 0 aliphatic heterocycles. The number of aryl methyl sites for hydroxylation is 1. The maximum Gasteiger partial charge on any atom is 0.265 e. The van der Waals surface area contributed by atoms with Gasteiger partial charge in [-0.25, -0.2) is 13.1 Å². The quantitative estimate of drug-likeness (QED) is 0.380. The van der Waals surface area contributed by atoms with Crippen LogP contribution in [-0.4, -0.2) is 38.3 Å². The minimum absolute atomic E-state index is 0.113. The minimum atomic E-state index is -4.01. The van der Waals surface area contributed by atoms with Crippen molar-refractivity contribution in [2.24, 2.45) is 0 Å². The molecule has 180 valence electrons. The number of hydrogen-bond donors (Lipinski definition) is 2. The summed E-state index contributed by atoms with van der Waals surface area (Å²) in [7, 11) is -1.11. The second-order valence-electron chi connectivity index (χ2n) is 7.59. The van der Waals surface area contributed by atoms with Crippen molar-refractivity contribution in [3.05, 3.63) is 90.3 Å². The summed E-state index contributed by atoms with van der Waals surface area (Å²) in [6, 6.07) is 19.7. The number of hydrogen-bond acceptors (Lipinski definition) is 6. The minimum Gasteiger partial charge on any atom is -0.497 e. The SMILES string of the molecule is COc1ccc(NS(=O)(=O)c2cc(NC(=O)c3ccc(-n4nccc4C)cc3)ccc2OC)cc1. The molecule has 0 spiro atoms. The molecule has 9 nitrogen and oxygen atoms in total. The zero-order valence-electron chi connectivity index (χ0n) is 19.3. The number of carbonyl (C=O) groups is 1. The van der Waals surface area contributed by atoms with E-state index < -0.39 is 10.0 Å². The van der Waals surface area contributed by atoms with E-state index >= 15 is 0 Å². The molecule has 0 aliphatic carbocycles. The number of amides is 1. The lowest BCUT2D eigenvalue weighted by Gasteiger charge is -2.14. The molecule has 0 unspecified atom stereocenters. The van der Waals surface area contributed by atoms with Crippen LogP contribution in [0.4, 0.5) is 11.4 Å². The first-order chi connectivity index (χ1) is 16.8. The maximum atomic E-state index is 13.1. The fraction of sp³-hybridized carbons (Fsp3) is 0.120. The van der Waals surface area contributed by atoms with Gasteiger partial charge in [-0.15, -0.1) is 0 Å². The molecule has 1 amide bonds. The fourth-order valence-electron chi connectivity index (χ4n) is 3.43. The molecule has 0 bridgehead atoms. The zero-order valence-corrected chi connectivity index (χ0v) is 20.2. The van der Waals surface area contributed by atoms with Gasteiger partial charge in [0.25, 0.3) is 15.9 Å². The third-order valence-corrected chi connectivity index (χ3v) is 6.66. The van der Waals surface area contributed by atoms with Crippen LogP contribution in [0.5, 0.6) is 11.5 Å². The summed E-state index contributed by atoms with van der Waals surface area (Å²) >= 11 is 0. The Labute approximate surface area is 203 Å². The second kappa shape index (κ2) is 9.90. The number of benzene rings is 3. The van der Waals surface area contributed by atoms with Gasteiger partial charge in [0.2, 0.25) is 0 Å². The van der Waals surface area contributed by atoms with Crippen LogP contribution in [0.15, 0.2) is 83.9 Å². The molecule has 0 fully saturated rings. The zero-order chi connectivity index (χ0) is 25.0. The Bertz CT molecular complexity index is 1450. The Morgan fingerprint density at radius 3 is 2.17 bits per heavy atom. The lowest BCUT2D eigenvalue weighted by atomic mass is 10.2. The van der Waals surface area contributed by atoms with Gasteiger partial charge in [-0.1, -0.05) is 0 Å². The summed E-state index contributed by atoms with van der Waals surface area (Å²) in [5.74, 6) is 0.358. The van der Waals surface area contributed by atoms with Gasteiger partial charge >= 0.3 is 0 Å². The van der Waals surface area contributed by atoms with Crippen molar-refractivity contribution in [1.29, 1.82) is 0 Å². The smallest absolute Gasteiger partial charge is 0.265 e. The molecular weight excluding hydrogens is 468 g/mol. The highest BCUT2D eigenvalue weighted by Gasteiger charge is 2.21. The third kappa shape index (κ3) is 5.28. The van der Waals surface area contributed by atoms with Crippen LogP contribution >= 0.6 is 0 Å². The van der Waals surface area contributed by atoms with Crippen molar-refractivity contribution in [2.75, 3.05) is 24.3 Å². The third-order valence-electron chi connectivity index (χ3n) is 5.26. The number of anilines is 2. The predicted molar refractivity (Wildman–Crippen MR) is 133 cm³/mol. The van der Waals surface area contributed by atoms with Crippen molar-refractivity contribution in [2.45, 2.75) is 11.8 Å². The molecule has 0 atom stereocenters. The summed E-state index contributed by atoms with van der Waals surface area (Å²) in [6.07, 6.45) is 1.70. The first kappa shape index (κ1) is 23.8. The number of aromatic nitrogens is 2. The predicted octanol–water partition coefficient (Wildman–Crippen LogP) is 4.25. The van der Waals surface area contributed by atoms with E-state index in [1.165, 1.54) is 26.4 Å². The van der Waals surface area contributed by atoms with Crippen LogP contribution in [0.1, 0.15) is 16.1 Å². The Morgan fingerprint density at radius 1 is 0.886 bits per heavy atom. The molecule has 1 aromatic heterocycles. The number of carbonyl (C=O) groups excluding carboxylic acids is 1. The van der Waals surface area contributed by atoms with Crippen LogP contribution in [0.25, 0.3) is 5.69 Å². The van der Waals surface area contributed by atoms with Crippen molar-refractivity contribution in [3.8, 4) is 17.2 Å². The number of nitrogens with zero attached hydrogens (tertiary/aromatic N) is 2. The van der Waals surface area contributed by atoms with E-state index in [-0.39, 0.29) is 16.6 Å². The van der Waals surface area contributed by atoms with E-state index in [0.29, 0.717) is 22.7 Å². The summed E-state index contributed by atoms with van der Waals surface area (Å²) < 4.78 is 40.8. The highest BCUT2D eigenvalue weighted by molar-refractivity contribution is 7.92.